The molecular weight excluding hydrogens is 222 g/mol. The molecule has 2 N–H and O–H groups in total. The third-order valence-corrected chi connectivity index (χ3v) is 2.87. The van der Waals surface area contributed by atoms with Crippen molar-refractivity contribution in [2.75, 3.05) is 26.2 Å². The molecule has 0 heterocycles. The summed E-state index contributed by atoms with van der Waals surface area (Å²) < 4.78 is 0. The summed E-state index contributed by atoms with van der Waals surface area (Å²) in [6.07, 6.45) is 0. The Morgan fingerprint density at radius 1 is 1.25 bits per heavy atom. The number of hydrogen-bond donors (Lipinski definition) is 1. The maximum Gasteiger partial charge on any atom is 0.239 e. The summed E-state index contributed by atoms with van der Waals surface area (Å²) >= 11 is 4.88. The maximum atomic E-state index is 12.1. The molecule has 4 nitrogen and oxygen atoms in total. The Morgan fingerprint density at radius 3 is 2.06 bits per heavy atom. The van der Waals surface area contributed by atoms with Crippen molar-refractivity contribution in [3.63, 3.8) is 0 Å². The van der Waals surface area contributed by atoms with E-state index < -0.39 is 0 Å². The number of amides is 1. The lowest BCUT2D eigenvalue weighted by molar-refractivity contribution is -0.135. The van der Waals surface area contributed by atoms with Gasteiger partial charge in [-0.3, -0.25) is 9.69 Å². The van der Waals surface area contributed by atoms with Gasteiger partial charge in [-0.15, -0.1) is 0 Å². The number of thiocarbonyl (C=S) groups is 1. The zero-order valence-corrected chi connectivity index (χ0v) is 11.5. The molecule has 0 spiro atoms. The first-order valence-electron chi connectivity index (χ1n) is 5.78. The average Bonchev–Trinajstić information content (AvgIpc) is 2.26. The predicted molar refractivity (Wildman–Crippen MR) is 71.4 cm³/mol. The van der Waals surface area contributed by atoms with Crippen molar-refractivity contribution in [1.29, 1.82) is 0 Å². The van der Waals surface area contributed by atoms with Crippen molar-refractivity contribution >= 4 is 23.1 Å². The van der Waals surface area contributed by atoms with Gasteiger partial charge >= 0.3 is 0 Å². The molecule has 0 aromatic heterocycles. The number of carbonyl (C=O) groups is 1. The minimum Gasteiger partial charge on any atom is -0.392 e. The van der Waals surface area contributed by atoms with E-state index in [-0.39, 0.29) is 11.9 Å². The van der Waals surface area contributed by atoms with Gasteiger partial charge in [-0.1, -0.05) is 19.1 Å². The number of nitrogens with two attached hydrogens (primary N) is 1. The van der Waals surface area contributed by atoms with Gasteiger partial charge in [0.15, 0.2) is 0 Å². The van der Waals surface area contributed by atoms with Crippen LogP contribution in [0.1, 0.15) is 27.7 Å². The predicted octanol–water partition coefficient (Wildman–Crippen LogP) is 0.851. The number of nitrogens with zero attached hydrogens (tertiary/aromatic N) is 2. The molecule has 1 unspecified atom stereocenters. The molecule has 94 valence electrons. The Kier molecular flexibility index (Phi) is 7.25. The molecule has 0 aromatic carbocycles. The van der Waals surface area contributed by atoms with Gasteiger partial charge in [0.05, 0.1) is 11.0 Å². The molecule has 16 heavy (non-hydrogen) atoms. The normalized spacial score (nSPS) is 12.6. The smallest absolute Gasteiger partial charge is 0.239 e. The first-order chi connectivity index (χ1) is 7.47. The van der Waals surface area contributed by atoms with E-state index in [1.807, 2.05) is 37.5 Å². The van der Waals surface area contributed by atoms with E-state index in [9.17, 15) is 4.79 Å². The molecule has 5 heteroatoms. The highest BCUT2D eigenvalue weighted by Crippen LogP contribution is 2.04. The summed E-state index contributed by atoms with van der Waals surface area (Å²) in [5.74, 6) is 0.142. The largest absolute Gasteiger partial charge is 0.392 e. The highest BCUT2D eigenvalue weighted by atomic mass is 32.1. The van der Waals surface area contributed by atoms with Crippen molar-refractivity contribution < 1.29 is 4.79 Å². The third kappa shape index (κ3) is 4.45. The van der Waals surface area contributed by atoms with E-state index >= 15 is 0 Å². The van der Waals surface area contributed by atoms with Crippen LogP contribution in [0.15, 0.2) is 0 Å². The maximum absolute atomic E-state index is 12.1. The Hall–Kier alpha value is -0.680. The van der Waals surface area contributed by atoms with Crippen molar-refractivity contribution in [3.8, 4) is 0 Å². The number of rotatable bonds is 7. The lowest BCUT2D eigenvalue weighted by Gasteiger charge is -2.30. The monoisotopic (exact) mass is 245 g/mol. The van der Waals surface area contributed by atoms with E-state index in [0.29, 0.717) is 11.5 Å². The highest BCUT2D eigenvalue weighted by molar-refractivity contribution is 7.80. The standard InChI is InChI=1S/C11H23N3OS/c1-5-13(6-2)11(15)9(4)14(7-3)8-10(12)16/h9H,5-8H2,1-4H3,(H2,12,16). The summed E-state index contributed by atoms with van der Waals surface area (Å²) in [4.78, 5) is 16.3. The second-order valence-corrected chi connectivity index (χ2v) is 4.24. The summed E-state index contributed by atoms with van der Waals surface area (Å²) in [5, 5.41) is 0. The molecule has 0 aliphatic rings. The molecular formula is C11H23N3OS. The molecule has 0 bridgehead atoms. The fourth-order valence-electron chi connectivity index (χ4n) is 1.68. The van der Waals surface area contributed by atoms with Crippen LogP contribution in [0.3, 0.4) is 0 Å². The SMILES string of the molecule is CCN(CC)C(=O)C(C)N(CC)CC(N)=S. The van der Waals surface area contributed by atoms with Crippen LogP contribution in [0, 0.1) is 0 Å². The zero-order chi connectivity index (χ0) is 12.7. The lowest BCUT2D eigenvalue weighted by atomic mass is 10.2. The average molecular weight is 245 g/mol. The van der Waals surface area contributed by atoms with Crippen molar-refractivity contribution in [2.45, 2.75) is 33.7 Å². The summed E-state index contributed by atoms with van der Waals surface area (Å²) in [6, 6.07) is -0.161. The highest BCUT2D eigenvalue weighted by Gasteiger charge is 2.23. The Morgan fingerprint density at radius 2 is 1.75 bits per heavy atom. The van der Waals surface area contributed by atoms with E-state index in [2.05, 4.69) is 0 Å². The first kappa shape index (κ1) is 15.3. The molecule has 0 rings (SSSR count). The number of likely N-dealkylation sites (N-methyl/N-ethyl adjacent to an activating group) is 2. The van der Waals surface area contributed by atoms with Crippen molar-refractivity contribution in [1.82, 2.24) is 9.80 Å². The van der Waals surface area contributed by atoms with Crippen LogP contribution in [0.5, 0.6) is 0 Å². The second kappa shape index (κ2) is 7.57. The summed E-state index contributed by atoms with van der Waals surface area (Å²) in [7, 11) is 0. The number of carbonyl (C=O) groups excluding carboxylic acids is 1. The van der Waals surface area contributed by atoms with E-state index in [0.717, 1.165) is 19.6 Å². The quantitative estimate of drug-likeness (QED) is 0.676. The molecule has 1 amide bonds. The Balaban J connectivity index is 4.54. The molecule has 0 saturated heterocycles. The van der Waals surface area contributed by atoms with Gasteiger partial charge in [-0.25, -0.2) is 0 Å². The minimum absolute atomic E-state index is 0.142. The number of hydrogen-bond acceptors (Lipinski definition) is 3. The van der Waals surface area contributed by atoms with Gasteiger partial charge in [0.25, 0.3) is 0 Å². The van der Waals surface area contributed by atoms with Crippen molar-refractivity contribution in [2.24, 2.45) is 5.73 Å². The van der Waals surface area contributed by atoms with Crippen LogP contribution in [0.25, 0.3) is 0 Å². The molecule has 0 aliphatic carbocycles. The fourth-order valence-corrected chi connectivity index (χ4v) is 1.84. The van der Waals surface area contributed by atoms with E-state index in [4.69, 9.17) is 18.0 Å². The summed E-state index contributed by atoms with van der Waals surface area (Å²) in [6.45, 7) is 10.6. The molecule has 0 aromatic rings. The van der Waals surface area contributed by atoms with Gasteiger partial charge in [0.1, 0.15) is 0 Å². The van der Waals surface area contributed by atoms with Crippen LogP contribution in [-0.2, 0) is 4.79 Å². The van der Waals surface area contributed by atoms with Crippen LogP contribution >= 0.6 is 12.2 Å². The van der Waals surface area contributed by atoms with Gasteiger partial charge in [-0.05, 0) is 27.3 Å². The Bertz CT molecular complexity index is 241. The van der Waals surface area contributed by atoms with Gasteiger partial charge in [-0.2, -0.15) is 0 Å². The van der Waals surface area contributed by atoms with Crippen LogP contribution in [0.2, 0.25) is 0 Å². The topological polar surface area (TPSA) is 49.6 Å². The molecule has 0 radical (unpaired) electrons. The van der Waals surface area contributed by atoms with Crippen molar-refractivity contribution in [3.05, 3.63) is 0 Å². The second-order valence-electron chi connectivity index (χ2n) is 3.72. The summed E-state index contributed by atoms with van der Waals surface area (Å²) in [5.41, 5.74) is 5.51. The fraction of sp³-hybridized carbons (Fsp3) is 0.818. The van der Waals surface area contributed by atoms with Crippen LogP contribution < -0.4 is 5.73 Å². The van der Waals surface area contributed by atoms with Gasteiger partial charge in [0.2, 0.25) is 5.91 Å². The lowest BCUT2D eigenvalue weighted by Crippen LogP contribution is -2.49. The van der Waals surface area contributed by atoms with E-state index in [1.165, 1.54) is 0 Å². The third-order valence-electron chi connectivity index (χ3n) is 2.75. The Labute approximate surface area is 104 Å². The van der Waals surface area contributed by atoms with Crippen LogP contribution in [-0.4, -0.2) is 52.9 Å². The molecule has 0 saturated carbocycles. The van der Waals surface area contributed by atoms with Gasteiger partial charge < -0.3 is 10.6 Å². The van der Waals surface area contributed by atoms with E-state index in [1.54, 1.807) is 0 Å². The van der Waals surface area contributed by atoms with Crippen LogP contribution in [0.4, 0.5) is 0 Å². The first-order valence-corrected chi connectivity index (χ1v) is 6.19. The van der Waals surface area contributed by atoms with Gasteiger partial charge in [0, 0.05) is 19.6 Å². The minimum atomic E-state index is -0.161. The molecule has 0 aliphatic heterocycles. The molecule has 1 atom stereocenters. The zero-order valence-electron chi connectivity index (χ0n) is 10.7. The molecule has 0 fully saturated rings.